The lowest BCUT2D eigenvalue weighted by Gasteiger charge is -2.26. The van der Waals surface area contributed by atoms with Gasteiger partial charge in [0, 0.05) is 12.0 Å². The van der Waals surface area contributed by atoms with Crippen LogP contribution in [0.25, 0.3) is 0 Å². The molecule has 0 aromatic carbocycles. The minimum atomic E-state index is -0.00728. The van der Waals surface area contributed by atoms with Gasteiger partial charge in [0.05, 0.1) is 0 Å². The van der Waals surface area contributed by atoms with E-state index in [-0.39, 0.29) is 11.4 Å². The van der Waals surface area contributed by atoms with Crippen molar-refractivity contribution in [2.45, 2.75) is 64.8 Å². The summed E-state index contributed by atoms with van der Waals surface area (Å²) < 4.78 is 0. The quantitative estimate of drug-likeness (QED) is 0.684. The number of carbonyl (C=O) groups is 1. The lowest BCUT2D eigenvalue weighted by molar-refractivity contribution is -0.123. The Hall–Kier alpha value is -0.570. The fourth-order valence-electron chi connectivity index (χ4n) is 2.45. The number of rotatable bonds is 8. The van der Waals surface area contributed by atoms with Crippen LogP contribution in [0.1, 0.15) is 59.3 Å². The van der Waals surface area contributed by atoms with Gasteiger partial charge in [0.2, 0.25) is 5.91 Å². The minimum Gasteiger partial charge on any atom is -0.351 e. The van der Waals surface area contributed by atoms with E-state index in [0.29, 0.717) is 18.3 Å². The third-order valence-corrected chi connectivity index (χ3v) is 3.99. The summed E-state index contributed by atoms with van der Waals surface area (Å²) in [7, 11) is 0. The predicted octanol–water partition coefficient (Wildman–Crippen LogP) is 2.45. The Balaban J connectivity index is 2.24. The number of nitrogens with one attached hydrogen (secondary N) is 1. The summed E-state index contributed by atoms with van der Waals surface area (Å²) in [5, 5.41) is 3.17. The maximum absolute atomic E-state index is 11.9. The second-order valence-corrected chi connectivity index (χ2v) is 5.93. The number of carbonyl (C=O) groups excluding carboxylic acids is 1. The van der Waals surface area contributed by atoms with Crippen LogP contribution in [0.5, 0.6) is 0 Å². The molecule has 0 aliphatic heterocycles. The van der Waals surface area contributed by atoms with E-state index in [1.165, 1.54) is 12.8 Å². The maximum atomic E-state index is 11.9. The second-order valence-electron chi connectivity index (χ2n) is 5.93. The number of hydrogen-bond donors (Lipinski definition) is 2. The molecule has 17 heavy (non-hydrogen) atoms. The third-order valence-electron chi connectivity index (χ3n) is 3.99. The van der Waals surface area contributed by atoms with E-state index in [1.54, 1.807) is 0 Å². The van der Waals surface area contributed by atoms with Crippen molar-refractivity contribution in [2.24, 2.45) is 17.6 Å². The van der Waals surface area contributed by atoms with E-state index in [4.69, 9.17) is 5.73 Å². The Morgan fingerprint density at radius 2 is 2.06 bits per heavy atom. The first-order valence-electron chi connectivity index (χ1n) is 7.00. The standard InChI is InChI=1S/C14H28N2O/c1-4-11(9-10-15)5-8-13(17)16-14(2,3)12-6-7-12/h11-12H,4-10,15H2,1-3H3,(H,16,17). The Bertz CT molecular complexity index is 247. The summed E-state index contributed by atoms with van der Waals surface area (Å²) in [5.74, 6) is 1.50. The normalized spacial score (nSPS) is 17.9. The van der Waals surface area contributed by atoms with Gasteiger partial charge in [0.15, 0.2) is 0 Å². The summed E-state index contributed by atoms with van der Waals surface area (Å²) >= 11 is 0. The zero-order valence-electron chi connectivity index (χ0n) is 11.6. The molecule has 1 unspecified atom stereocenters. The van der Waals surface area contributed by atoms with Crippen molar-refractivity contribution in [3.05, 3.63) is 0 Å². The summed E-state index contributed by atoms with van der Waals surface area (Å²) in [6.07, 6.45) is 6.30. The molecule has 1 amide bonds. The topological polar surface area (TPSA) is 55.1 Å². The SMILES string of the molecule is CCC(CCN)CCC(=O)NC(C)(C)C1CC1. The summed E-state index contributed by atoms with van der Waals surface area (Å²) in [5.41, 5.74) is 5.55. The van der Waals surface area contributed by atoms with Crippen LogP contribution in [0.2, 0.25) is 0 Å². The molecular formula is C14H28N2O. The Kier molecular flexibility index (Phi) is 5.44. The van der Waals surface area contributed by atoms with Gasteiger partial charge in [-0.05, 0) is 57.9 Å². The highest BCUT2D eigenvalue weighted by molar-refractivity contribution is 5.76. The lowest BCUT2D eigenvalue weighted by atomic mass is 9.95. The molecule has 100 valence electrons. The predicted molar refractivity (Wildman–Crippen MR) is 71.6 cm³/mol. The van der Waals surface area contributed by atoms with Crippen LogP contribution < -0.4 is 11.1 Å². The van der Waals surface area contributed by atoms with E-state index in [9.17, 15) is 4.79 Å². The zero-order chi connectivity index (χ0) is 12.9. The van der Waals surface area contributed by atoms with Crippen molar-refractivity contribution < 1.29 is 4.79 Å². The molecule has 3 heteroatoms. The fourth-order valence-corrected chi connectivity index (χ4v) is 2.45. The molecule has 1 aliphatic carbocycles. The lowest BCUT2D eigenvalue weighted by Crippen LogP contribution is -2.45. The average molecular weight is 240 g/mol. The van der Waals surface area contributed by atoms with Gasteiger partial charge in [-0.3, -0.25) is 4.79 Å². The highest BCUT2D eigenvalue weighted by Crippen LogP contribution is 2.39. The maximum Gasteiger partial charge on any atom is 0.220 e. The number of amides is 1. The van der Waals surface area contributed by atoms with Crippen LogP contribution in [-0.4, -0.2) is 18.0 Å². The van der Waals surface area contributed by atoms with Crippen molar-refractivity contribution in [1.82, 2.24) is 5.32 Å². The van der Waals surface area contributed by atoms with E-state index < -0.39 is 0 Å². The van der Waals surface area contributed by atoms with E-state index >= 15 is 0 Å². The van der Waals surface area contributed by atoms with E-state index in [1.807, 2.05) is 0 Å². The van der Waals surface area contributed by atoms with Crippen molar-refractivity contribution in [3.8, 4) is 0 Å². The molecule has 1 aliphatic rings. The zero-order valence-corrected chi connectivity index (χ0v) is 11.6. The molecule has 1 fully saturated rings. The summed E-state index contributed by atoms with van der Waals surface area (Å²) in [6.45, 7) is 7.18. The first kappa shape index (κ1) is 14.5. The number of hydrogen-bond acceptors (Lipinski definition) is 2. The van der Waals surface area contributed by atoms with Crippen molar-refractivity contribution in [3.63, 3.8) is 0 Å². The van der Waals surface area contributed by atoms with Gasteiger partial charge in [0.25, 0.3) is 0 Å². The molecule has 0 radical (unpaired) electrons. The Morgan fingerprint density at radius 3 is 2.53 bits per heavy atom. The monoisotopic (exact) mass is 240 g/mol. The molecule has 0 spiro atoms. The Labute approximate surface area is 106 Å². The molecular weight excluding hydrogens is 212 g/mol. The van der Waals surface area contributed by atoms with Crippen molar-refractivity contribution in [2.75, 3.05) is 6.54 Å². The highest BCUT2D eigenvalue weighted by atomic mass is 16.1. The molecule has 0 saturated heterocycles. The average Bonchev–Trinajstić information content (AvgIpc) is 3.07. The van der Waals surface area contributed by atoms with Gasteiger partial charge in [-0.15, -0.1) is 0 Å². The first-order chi connectivity index (χ1) is 7.99. The van der Waals surface area contributed by atoms with Gasteiger partial charge < -0.3 is 11.1 Å². The van der Waals surface area contributed by atoms with Crippen LogP contribution >= 0.6 is 0 Å². The van der Waals surface area contributed by atoms with Gasteiger partial charge >= 0.3 is 0 Å². The molecule has 1 rings (SSSR count). The molecule has 0 aromatic rings. The molecule has 3 N–H and O–H groups in total. The Morgan fingerprint density at radius 1 is 1.41 bits per heavy atom. The van der Waals surface area contributed by atoms with Crippen molar-refractivity contribution in [1.29, 1.82) is 0 Å². The van der Waals surface area contributed by atoms with E-state index in [0.717, 1.165) is 25.8 Å². The largest absolute Gasteiger partial charge is 0.351 e. The highest BCUT2D eigenvalue weighted by Gasteiger charge is 2.38. The molecule has 0 bridgehead atoms. The van der Waals surface area contributed by atoms with Gasteiger partial charge in [-0.2, -0.15) is 0 Å². The molecule has 3 nitrogen and oxygen atoms in total. The van der Waals surface area contributed by atoms with Crippen LogP contribution in [0.3, 0.4) is 0 Å². The summed E-state index contributed by atoms with van der Waals surface area (Å²) in [4.78, 5) is 11.9. The smallest absolute Gasteiger partial charge is 0.220 e. The first-order valence-corrected chi connectivity index (χ1v) is 7.00. The van der Waals surface area contributed by atoms with E-state index in [2.05, 4.69) is 26.1 Å². The van der Waals surface area contributed by atoms with Crippen molar-refractivity contribution >= 4 is 5.91 Å². The molecule has 1 atom stereocenters. The molecule has 1 saturated carbocycles. The fraction of sp³-hybridized carbons (Fsp3) is 0.929. The van der Waals surface area contributed by atoms with Crippen LogP contribution in [0.4, 0.5) is 0 Å². The van der Waals surface area contributed by atoms with Gasteiger partial charge in [-0.25, -0.2) is 0 Å². The number of nitrogens with two attached hydrogens (primary N) is 1. The van der Waals surface area contributed by atoms with Gasteiger partial charge in [0.1, 0.15) is 0 Å². The van der Waals surface area contributed by atoms with Crippen LogP contribution in [-0.2, 0) is 4.79 Å². The summed E-state index contributed by atoms with van der Waals surface area (Å²) in [6, 6.07) is 0. The van der Waals surface area contributed by atoms with Crippen LogP contribution in [0.15, 0.2) is 0 Å². The van der Waals surface area contributed by atoms with Crippen LogP contribution in [0, 0.1) is 11.8 Å². The van der Waals surface area contributed by atoms with Gasteiger partial charge in [-0.1, -0.05) is 13.3 Å². The molecule has 0 aromatic heterocycles. The molecule has 0 heterocycles. The minimum absolute atomic E-state index is 0.00728. The third kappa shape index (κ3) is 5.07. The second kappa shape index (κ2) is 6.39.